The van der Waals surface area contributed by atoms with Gasteiger partial charge < -0.3 is 4.89 Å². The zero-order chi connectivity index (χ0) is 11.9. The molecular formula is C6H11Br4O4P. The molecule has 0 bridgehead atoms. The van der Waals surface area contributed by atoms with E-state index in [1.807, 2.05) is 0 Å². The number of phosphoric acid groups is 1. The Kier molecular flexibility index (Phi) is 10.2. The first-order valence-electron chi connectivity index (χ1n) is 4.01. The number of rotatable bonds is 8. The van der Waals surface area contributed by atoms with Crippen molar-refractivity contribution in [2.24, 2.45) is 0 Å². The van der Waals surface area contributed by atoms with Crippen LogP contribution in [0.3, 0.4) is 0 Å². The lowest BCUT2D eigenvalue weighted by Gasteiger charge is -2.18. The van der Waals surface area contributed by atoms with Gasteiger partial charge in [-0.2, -0.15) is 0 Å². The molecular weight excluding hydrogens is 487 g/mol. The Balaban J connectivity index is 4.00. The number of halogens is 4. The van der Waals surface area contributed by atoms with Crippen LogP contribution in [0.15, 0.2) is 0 Å². The molecule has 92 valence electrons. The molecule has 0 aromatic rings. The highest BCUT2D eigenvalue weighted by molar-refractivity contribution is 9.10. The maximum Gasteiger partial charge on any atom is 0.474 e. The van der Waals surface area contributed by atoms with Crippen LogP contribution in [0.25, 0.3) is 0 Å². The summed E-state index contributed by atoms with van der Waals surface area (Å²) in [5, 5.41) is 0.331. The summed E-state index contributed by atoms with van der Waals surface area (Å²) >= 11 is 12.6. The van der Waals surface area contributed by atoms with Gasteiger partial charge in [0.2, 0.25) is 0 Å². The van der Waals surface area contributed by atoms with E-state index in [9.17, 15) is 9.46 Å². The molecule has 15 heavy (non-hydrogen) atoms. The smallest absolute Gasteiger partial charge is 0.302 e. The Labute approximate surface area is 123 Å². The topological polar surface area (TPSA) is 55.8 Å². The highest BCUT2D eigenvalue weighted by Crippen LogP contribution is 2.48. The van der Waals surface area contributed by atoms with E-state index in [2.05, 4.69) is 63.7 Å². The van der Waals surface area contributed by atoms with Crippen molar-refractivity contribution in [1.82, 2.24) is 0 Å². The first-order chi connectivity index (χ1) is 6.91. The van der Waals surface area contributed by atoms with E-state index in [-0.39, 0.29) is 0 Å². The van der Waals surface area contributed by atoms with Gasteiger partial charge in [-0.25, -0.2) is 4.57 Å². The molecule has 0 amide bonds. The van der Waals surface area contributed by atoms with Crippen LogP contribution in [0, 0.1) is 0 Å². The van der Waals surface area contributed by atoms with Gasteiger partial charge in [0.25, 0.3) is 0 Å². The largest absolute Gasteiger partial charge is 0.474 e. The molecule has 0 rings (SSSR count). The van der Waals surface area contributed by atoms with Gasteiger partial charge in [0, 0.05) is 10.7 Å². The Morgan fingerprint density at radius 3 is 1.67 bits per heavy atom. The van der Waals surface area contributed by atoms with Gasteiger partial charge in [-0.15, -0.1) is 0 Å². The molecule has 0 radical (unpaired) electrons. The van der Waals surface area contributed by atoms with Crippen LogP contribution in [-0.4, -0.2) is 25.6 Å². The molecule has 0 saturated carbocycles. The van der Waals surface area contributed by atoms with Crippen LogP contribution in [-0.2, 0) is 13.6 Å². The van der Waals surface area contributed by atoms with Crippen LogP contribution in [0.1, 0.15) is 12.8 Å². The lowest BCUT2D eigenvalue weighted by molar-refractivity contribution is 0.132. The fraction of sp³-hybridized carbons (Fsp3) is 1.00. The number of hydrogen-bond acceptors (Lipinski definition) is 3. The third-order valence-electron chi connectivity index (χ3n) is 1.17. The summed E-state index contributed by atoms with van der Waals surface area (Å²) in [6, 6.07) is 0. The van der Waals surface area contributed by atoms with Gasteiger partial charge in [0.05, 0.1) is 0 Å². The Morgan fingerprint density at radius 1 is 1.07 bits per heavy atom. The van der Waals surface area contributed by atoms with Gasteiger partial charge >= 0.3 is 7.82 Å². The molecule has 0 fully saturated rings. The predicted molar refractivity (Wildman–Crippen MR) is 74.2 cm³/mol. The molecule has 0 aromatic heterocycles. The van der Waals surface area contributed by atoms with Crippen LogP contribution in [0.5, 0.6) is 0 Å². The lowest BCUT2D eigenvalue weighted by Crippen LogP contribution is -2.09. The highest BCUT2D eigenvalue weighted by Gasteiger charge is 2.28. The quantitative estimate of drug-likeness (QED) is 0.405. The van der Waals surface area contributed by atoms with Crippen molar-refractivity contribution in [3.05, 3.63) is 0 Å². The van der Waals surface area contributed by atoms with Crippen molar-refractivity contribution in [3.8, 4) is 0 Å². The fourth-order valence-electron chi connectivity index (χ4n) is 0.591. The van der Waals surface area contributed by atoms with Gasteiger partial charge in [-0.3, -0.25) is 9.05 Å². The molecule has 0 aliphatic heterocycles. The second-order valence-corrected chi connectivity index (χ2v) is 7.44. The van der Waals surface area contributed by atoms with Crippen LogP contribution < -0.4 is 0 Å². The van der Waals surface area contributed by atoms with Crippen molar-refractivity contribution in [2.45, 2.75) is 22.9 Å². The third-order valence-corrected chi connectivity index (χ3v) is 4.99. The van der Waals surface area contributed by atoms with Gasteiger partial charge in [0.1, 0.15) is 10.0 Å². The SMILES string of the molecule is O=P(O)(OC(Br)CCBr)OC(Br)CCBr. The number of phosphoric ester groups is 1. The van der Waals surface area contributed by atoms with Crippen molar-refractivity contribution < 1.29 is 18.5 Å². The standard InChI is InChI=1S/C6H11Br4O4P/c7-3-1-5(9)13-15(11,12)14-6(10)2-4-8/h5-6H,1-4H2,(H,11,12). The summed E-state index contributed by atoms with van der Waals surface area (Å²) in [6.07, 6.45) is 1.14. The molecule has 0 aromatic carbocycles. The zero-order valence-corrected chi connectivity index (χ0v) is 14.9. The molecule has 0 aliphatic carbocycles. The molecule has 1 N–H and O–H groups in total. The van der Waals surface area contributed by atoms with Gasteiger partial charge in [-0.1, -0.05) is 63.7 Å². The van der Waals surface area contributed by atoms with Crippen LogP contribution in [0.4, 0.5) is 0 Å². The zero-order valence-electron chi connectivity index (χ0n) is 7.61. The van der Waals surface area contributed by atoms with Gasteiger partial charge in [0.15, 0.2) is 0 Å². The maximum atomic E-state index is 11.4. The second-order valence-electron chi connectivity index (χ2n) is 2.45. The molecule has 2 atom stereocenters. The molecule has 2 unspecified atom stereocenters. The molecule has 0 spiro atoms. The minimum absolute atomic E-state index is 0.503. The average molecular weight is 498 g/mol. The third kappa shape index (κ3) is 9.71. The molecule has 0 saturated heterocycles. The lowest BCUT2D eigenvalue weighted by atomic mass is 10.5. The van der Waals surface area contributed by atoms with E-state index in [1.165, 1.54) is 0 Å². The Morgan fingerprint density at radius 2 is 1.40 bits per heavy atom. The normalized spacial score (nSPS) is 19.5. The predicted octanol–water partition coefficient (Wildman–Crippen LogP) is 4.13. The van der Waals surface area contributed by atoms with Crippen LogP contribution >= 0.6 is 71.5 Å². The number of alkyl halides is 4. The highest BCUT2D eigenvalue weighted by atomic mass is 79.9. The summed E-state index contributed by atoms with van der Waals surface area (Å²) < 4.78 is 21.1. The van der Waals surface area contributed by atoms with E-state index in [0.29, 0.717) is 23.5 Å². The average Bonchev–Trinajstić information content (AvgIpc) is 2.01. The first kappa shape index (κ1) is 17.0. The van der Waals surface area contributed by atoms with Crippen LogP contribution in [0.2, 0.25) is 0 Å². The summed E-state index contributed by atoms with van der Waals surface area (Å²) in [5.41, 5.74) is 0. The summed E-state index contributed by atoms with van der Waals surface area (Å²) in [6.45, 7) is 0. The minimum Gasteiger partial charge on any atom is -0.302 e. The summed E-state index contributed by atoms with van der Waals surface area (Å²) in [5.74, 6) is 0. The van der Waals surface area contributed by atoms with E-state index < -0.39 is 17.8 Å². The number of hydrogen-bond donors (Lipinski definition) is 1. The van der Waals surface area contributed by atoms with Gasteiger partial charge in [-0.05, 0) is 12.8 Å². The first-order valence-corrected chi connectivity index (χ1v) is 9.58. The van der Waals surface area contributed by atoms with Crippen molar-refractivity contribution in [2.75, 3.05) is 10.7 Å². The Hall–Kier alpha value is 2.03. The van der Waals surface area contributed by atoms with Crippen molar-refractivity contribution in [1.29, 1.82) is 0 Å². The molecule has 0 aliphatic rings. The van der Waals surface area contributed by atoms with E-state index in [4.69, 9.17) is 9.05 Å². The minimum atomic E-state index is -4.00. The molecule has 4 nitrogen and oxygen atoms in total. The summed E-state index contributed by atoms with van der Waals surface area (Å²) in [7, 11) is -4.00. The van der Waals surface area contributed by atoms with Crippen molar-refractivity contribution >= 4 is 71.5 Å². The maximum absolute atomic E-state index is 11.4. The van der Waals surface area contributed by atoms with E-state index in [0.717, 1.165) is 0 Å². The van der Waals surface area contributed by atoms with E-state index in [1.54, 1.807) is 0 Å². The molecule has 0 heterocycles. The summed E-state index contributed by atoms with van der Waals surface area (Å²) in [4.78, 5) is 9.33. The monoisotopic (exact) mass is 494 g/mol. The Bertz CT molecular complexity index is 199. The van der Waals surface area contributed by atoms with Crippen molar-refractivity contribution in [3.63, 3.8) is 0 Å². The molecule has 9 heteroatoms. The van der Waals surface area contributed by atoms with E-state index >= 15 is 0 Å². The fourth-order valence-corrected chi connectivity index (χ4v) is 5.22. The second kappa shape index (κ2) is 9.03.